The summed E-state index contributed by atoms with van der Waals surface area (Å²) in [4.78, 5) is 5.08. The fourth-order valence-corrected chi connectivity index (χ4v) is 6.25. The quantitative estimate of drug-likeness (QED) is 0.294. The van der Waals surface area contributed by atoms with Crippen molar-refractivity contribution < 1.29 is 9.47 Å². The summed E-state index contributed by atoms with van der Waals surface area (Å²) in [6.45, 7) is 8.71. The summed E-state index contributed by atoms with van der Waals surface area (Å²) in [5, 5.41) is 3.62. The molecule has 0 radical (unpaired) electrons. The van der Waals surface area contributed by atoms with Crippen LogP contribution in [-0.4, -0.2) is 51.8 Å². The zero-order valence-electron chi connectivity index (χ0n) is 24.0. The number of rotatable bonds is 11. The van der Waals surface area contributed by atoms with Gasteiger partial charge in [-0.3, -0.25) is 0 Å². The Morgan fingerprint density at radius 3 is 2.36 bits per heavy atom. The molecule has 208 valence electrons. The first-order valence-electron chi connectivity index (χ1n) is 14.8. The van der Waals surface area contributed by atoms with Crippen LogP contribution in [0.3, 0.4) is 0 Å². The van der Waals surface area contributed by atoms with Crippen LogP contribution in [-0.2, 0) is 19.4 Å². The first-order chi connectivity index (χ1) is 19.2. The van der Waals surface area contributed by atoms with Gasteiger partial charge in [-0.1, -0.05) is 30.7 Å². The van der Waals surface area contributed by atoms with Crippen LogP contribution in [0.1, 0.15) is 60.8 Å². The van der Waals surface area contributed by atoms with Gasteiger partial charge in [-0.05, 0) is 111 Å². The van der Waals surface area contributed by atoms with Crippen molar-refractivity contribution in [3.05, 3.63) is 82.9 Å². The predicted molar refractivity (Wildman–Crippen MR) is 163 cm³/mol. The Bertz CT molecular complexity index is 1200. The Morgan fingerprint density at radius 1 is 0.872 bits per heavy atom. The molecule has 1 heterocycles. The fourth-order valence-electron chi connectivity index (χ4n) is 6.25. The molecular formula is C34H45N3O2. The summed E-state index contributed by atoms with van der Waals surface area (Å²) in [7, 11) is 3.51. The molecule has 5 rings (SSSR count). The maximum Gasteiger partial charge on any atom is 0.120 e. The zero-order chi connectivity index (χ0) is 27.0. The minimum absolute atomic E-state index is 0.493. The van der Waals surface area contributed by atoms with Crippen LogP contribution in [0.15, 0.2) is 60.7 Å². The molecule has 1 unspecified atom stereocenters. The third-order valence-electron chi connectivity index (χ3n) is 8.57. The largest absolute Gasteiger partial charge is 0.497 e. The highest BCUT2D eigenvalue weighted by atomic mass is 16.5. The van der Waals surface area contributed by atoms with Gasteiger partial charge in [0.2, 0.25) is 0 Å². The van der Waals surface area contributed by atoms with E-state index in [0.717, 1.165) is 56.9 Å². The third-order valence-corrected chi connectivity index (χ3v) is 8.57. The number of hydrogen-bond acceptors (Lipinski definition) is 5. The maximum atomic E-state index is 5.67. The fraction of sp³-hybridized carbons (Fsp3) is 0.471. The van der Waals surface area contributed by atoms with E-state index in [9.17, 15) is 0 Å². The van der Waals surface area contributed by atoms with Crippen molar-refractivity contribution in [1.29, 1.82) is 0 Å². The zero-order valence-corrected chi connectivity index (χ0v) is 24.0. The van der Waals surface area contributed by atoms with Gasteiger partial charge in [-0.15, -0.1) is 0 Å². The second-order valence-electron chi connectivity index (χ2n) is 11.0. The Balaban J connectivity index is 1.27. The van der Waals surface area contributed by atoms with Crippen LogP contribution < -0.4 is 19.7 Å². The van der Waals surface area contributed by atoms with Crippen molar-refractivity contribution in [2.75, 3.05) is 57.2 Å². The molecule has 0 saturated carbocycles. The molecule has 1 fully saturated rings. The van der Waals surface area contributed by atoms with Gasteiger partial charge in [0.25, 0.3) is 0 Å². The van der Waals surface area contributed by atoms with Gasteiger partial charge in [-0.2, -0.15) is 0 Å². The van der Waals surface area contributed by atoms with Crippen LogP contribution in [0, 0.1) is 0 Å². The molecule has 1 saturated heterocycles. The van der Waals surface area contributed by atoms with Crippen molar-refractivity contribution >= 4 is 11.4 Å². The van der Waals surface area contributed by atoms with Crippen LogP contribution in [0.5, 0.6) is 11.5 Å². The molecule has 39 heavy (non-hydrogen) atoms. The lowest BCUT2D eigenvalue weighted by Crippen LogP contribution is -2.33. The van der Waals surface area contributed by atoms with Crippen molar-refractivity contribution in [2.24, 2.45) is 0 Å². The topological polar surface area (TPSA) is 37.0 Å². The first kappa shape index (κ1) is 27.4. The summed E-state index contributed by atoms with van der Waals surface area (Å²) in [5.41, 5.74) is 8.13. The Hall–Kier alpha value is -3.18. The van der Waals surface area contributed by atoms with E-state index < -0.39 is 0 Å². The molecule has 0 bridgehead atoms. The average Bonchev–Trinajstić information content (AvgIpc) is 3.00. The number of aryl methyl sites for hydroxylation is 1. The minimum atomic E-state index is 0.493. The highest BCUT2D eigenvalue weighted by molar-refractivity contribution is 5.60. The Kier molecular flexibility index (Phi) is 9.31. The summed E-state index contributed by atoms with van der Waals surface area (Å²) in [6, 6.07) is 22.2. The molecule has 3 aromatic rings. The lowest BCUT2D eigenvalue weighted by molar-refractivity contribution is 0.237. The lowest BCUT2D eigenvalue weighted by Gasteiger charge is -2.32. The van der Waals surface area contributed by atoms with Crippen molar-refractivity contribution in [3.63, 3.8) is 0 Å². The lowest BCUT2D eigenvalue weighted by atomic mass is 9.79. The number of fused-ring (bicyclic) bond motifs is 1. The number of nitrogens with one attached hydrogen (secondary N) is 1. The van der Waals surface area contributed by atoms with Gasteiger partial charge in [0.1, 0.15) is 11.5 Å². The van der Waals surface area contributed by atoms with Crippen molar-refractivity contribution in [2.45, 2.75) is 57.9 Å². The van der Waals surface area contributed by atoms with Gasteiger partial charge in [0, 0.05) is 43.6 Å². The van der Waals surface area contributed by atoms with E-state index in [4.69, 9.17) is 9.47 Å². The maximum absolute atomic E-state index is 5.67. The number of piperidine rings is 1. The van der Waals surface area contributed by atoms with E-state index in [2.05, 4.69) is 82.7 Å². The molecule has 5 nitrogen and oxygen atoms in total. The SMILES string of the molecule is CCN(Cc1ccc(NCCN2CCCCC2)cc1)c1cc(OC)ccc1C1CCc2cc(OC)ccc2C1. The molecule has 0 spiro atoms. The number of ether oxygens (including phenoxy) is 2. The number of benzene rings is 3. The number of anilines is 2. The third kappa shape index (κ3) is 6.88. The summed E-state index contributed by atoms with van der Waals surface area (Å²) < 4.78 is 11.1. The molecule has 1 atom stereocenters. The van der Waals surface area contributed by atoms with Crippen LogP contribution in [0.25, 0.3) is 0 Å². The molecule has 2 aliphatic rings. The second-order valence-corrected chi connectivity index (χ2v) is 11.0. The van der Waals surface area contributed by atoms with Crippen molar-refractivity contribution in [3.8, 4) is 11.5 Å². The smallest absolute Gasteiger partial charge is 0.120 e. The van der Waals surface area contributed by atoms with E-state index in [0.29, 0.717) is 5.92 Å². The Morgan fingerprint density at radius 2 is 1.62 bits per heavy atom. The van der Waals surface area contributed by atoms with Crippen LogP contribution in [0.4, 0.5) is 11.4 Å². The van der Waals surface area contributed by atoms with Crippen LogP contribution in [0.2, 0.25) is 0 Å². The van der Waals surface area contributed by atoms with E-state index >= 15 is 0 Å². The first-order valence-corrected chi connectivity index (χ1v) is 14.8. The highest BCUT2D eigenvalue weighted by Crippen LogP contribution is 2.40. The number of likely N-dealkylation sites (tertiary alicyclic amines) is 1. The minimum Gasteiger partial charge on any atom is -0.497 e. The van der Waals surface area contributed by atoms with E-state index in [1.165, 1.54) is 66.0 Å². The molecule has 0 aromatic heterocycles. The monoisotopic (exact) mass is 527 g/mol. The molecule has 5 heteroatoms. The summed E-state index contributed by atoms with van der Waals surface area (Å²) >= 11 is 0. The normalized spacial score (nSPS) is 17.4. The van der Waals surface area contributed by atoms with Gasteiger partial charge >= 0.3 is 0 Å². The standard InChI is InChI=1S/C34H45N3O2/c1-4-37(25-26-8-13-30(14-9-26)35-18-21-36-19-6-5-7-20-36)34-24-32(39-3)16-17-33(34)29-11-10-28-23-31(38-2)15-12-27(28)22-29/h8-9,12-17,23-24,29,35H,4-7,10-11,18-22,25H2,1-3H3. The van der Waals surface area contributed by atoms with Gasteiger partial charge in [0.15, 0.2) is 0 Å². The van der Waals surface area contributed by atoms with E-state index in [1.54, 1.807) is 14.2 Å². The predicted octanol–water partition coefficient (Wildman–Crippen LogP) is 6.90. The number of nitrogens with zero attached hydrogens (tertiary/aromatic N) is 2. The van der Waals surface area contributed by atoms with E-state index in [1.807, 2.05) is 0 Å². The molecule has 0 amide bonds. The summed E-state index contributed by atoms with van der Waals surface area (Å²) in [5.74, 6) is 2.37. The number of hydrogen-bond donors (Lipinski definition) is 1. The van der Waals surface area contributed by atoms with Gasteiger partial charge in [0.05, 0.1) is 14.2 Å². The van der Waals surface area contributed by atoms with Gasteiger partial charge < -0.3 is 24.6 Å². The molecular weight excluding hydrogens is 482 g/mol. The van der Waals surface area contributed by atoms with Crippen LogP contribution >= 0.6 is 0 Å². The summed E-state index contributed by atoms with van der Waals surface area (Å²) in [6.07, 6.45) is 7.38. The van der Waals surface area contributed by atoms with Crippen molar-refractivity contribution in [1.82, 2.24) is 4.90 Å². The second kappa shape index (κ2) is 13.3. The number of methoxy groups -OCH3 is 2. The molecule has 1 N–H and O–H groups in total. The van der Waals surface area contributed by atoms with Gasteiger partial charge in [-0.25, -0.2) is 0 Å². The molecule has 3 aromatic carbocycles. The average molecular weight is 528 g/mol. The van der Waals surface area contributed by atoms with E-state index in [-0.39, 0.29) is 0 Å². The highest BCUT2D eigenvalue weighted by Gasteiger charge is 2.25. The Labute approximate surface area is 235 Å². The molecule has 1 aliphatic heterocycles. The molecule has 1 aliphatic carbocycles.